The van der Waals surface area contributed by atoms with Gasteiger partial charge in [0.15, 0.2) is 0 Å². The maximum Gasteiger partial charge on any atom is 0.223 e. The van der Waals surface area contributed by atoms with Crippen LogP contribution in [0.2, 0.25) is 0 Å². The smallest absolute Gasteiger partial charge is 0.223 e. The highest BCUT2D eigenvalue weighted by molar-refractivity contribution is 7.88. The van der Waals surface area contributed by atoms with Crippen LogP contribution < -0.4 is 5.32 Å². The maximum absolute atomic E-state index is 11.5. The first kappa shape index (κ1) is 18.1. The van der Waals surface area contributed by atoms with E-state index in [0.717, 1.165) is 24.2 Å². The molecule has 1 aliphatic rings. The van der Waals surface area contributed by atoms with Crippen molar-refractivity contribution in [2.24, 2.45) is 11.8 Å². The molecule has 0 aromatic carbocycles. The summed E-state index contributed by atoms with van der Waals surface area (Å²) in [5, 5.41) is 3.28. The molecule has 0 spiro atoms. The fraction of sp³-hybridized carbons (Fsp3) is 0.750. The lowest BCUT2D eigenvalue weighted by atomic mass is 10.0. The Labute approximate surface area is 139 Å². The van der Waals surface area contributed by atoms with Gasteiger partial charge in [0.2, 0.25) is 16.0 Å². The predicted octanol–water partition coefficient (Wildman–Crippen LogP) is 1.99. The number of anilines is 1. The normalized spacial score (nSPS) is 19.5. The Morgan fingerprint density at radius 1 is 1.26 bits per heavy atom. The number of aromatic nitrogens is 2. The van der Waals surface area contributed by atoms with Crippen LogP contribution in [0, 0.1) is 25.7 Å². The number of nitrogens with one attached hydrogen (secondary N) is 1. The topological polar surface area (TPSA) is 75.2 Å². The summed E-state index contributed by atoms with van der Waals surface area (Å²) in [6.07, 6.45) is 3.14. The molecular weight excluding hydrogens is 312 g/mol. The van der Waals surface area contributed by atoms with Crippen LogP contribution in [0.4, 0.5) is 5.95 Å². The Morgan fingerprint density at radius 2 is 1.87 bits per heavy atom. The zero-order valence-electron chi connectivity index (χ0n) is 14.8. The van der Waals surface area contributed by atoms with Crippen molar-refractivity contribution in [3.8, 4) is 0 Å². The van der Waals surface area contributed by atoms with Gasteiger partial charge in [-0.3, -0.25) is 0 Å². The molecule has 130 valence electrons. The minimum Gasteiger partial charge on any atom is -0.354 e. The highest BCUT2D eigenvalue weighted by Crippen LogP contribution is 2.20. The van der Waals surface area contributed by atoms with Crippen molar-refractivity contribution in [1.29, 1.82) is 0 Å². The molecule has 0 radical (unpaired) electrons. The maximum atomic E-state index is 11.5. The number of aryl methyl sites for hydroxylation is 2. The summed E-state index contributed by atoms with van der Waals surface area (Å²) < 4.78 is 24.6. The molecule has 1 fully saturated rings. The minimum absolute atomic E-state index is 0.310. The average molecular weight is 340 g/mol. The van der Waals surface area contributed by atoms with Crippen LogP contribution in [0.15, 0.2) is 0 Å². The molecule has 1 aliphatic heterocycles. The van der Waals surface area contributed by atoms with Gasteiger partial charge < -0.3 is 5.32 Å². The van der Waals surface area contributed by atoms with Gasteiger partial charge in [0, 0.05) is 31.0 Å². The number of nitrogens with zero attached hydrogens (tertiary/aromatic N) is 3. The fourth-order valence-electron chi connectivity index (χ4n) is 3.02. The molecule has 7 heteroatoms. The van der Waals surface area contributed by atoms with Gasteiger partial charge in [-0.25, -0.2) is 22.7 Å². The lowest BCUT2D eigenvalue weighted by Crippen LogP contribution is -2.28. The summed E-state index contributed by atoms with van der Waals surface area (Å²) in [4.78, 5) is 9.12. The molecule has 0 amide bonds. The van der Waals surface area contributed by atoms with E-state index in [2.05, 4.69) is 29.1 Å². The van der Waals surface area contributed by atoms with Crippen LogP contribution in [0.25, 0.3) is 0 Å². The van der Waals surface area contributed by atoms with E-state index in [1.807, 2.05) is 13.8 Å². The van der Waals surface area contributed by atoms with Gasteiger partial charge in [0.25, 0.3) is 0 Å². The second-order valence-corrected chi connectivity index (χ2v) is 8.93. The van der Waals surface area contributed by atoms with Crippen LogP contribution in [0.5, 0.6) is 0 Å². The molecule has 1 N–H and O–H groups in total. The van der Waals surface area contributed by atoms with Crippen LogP contribution in [-0.4, -0.2) is 48.6 Å². The summed E-state index contributed by atoms with van der Waals surface area (Å²) in [5.41, 5.74) is 3.28. The highest BCUT2D eigenvalue weighted by atomic mass is 32.2. The van der Waals surface area contributed by atoms with E-state index >= 15 is 0 Å². The first-order chi connectivity index (χ1) is 10.7. The monoisotopic (exact) mass is 340 g/mol. The SMILES string of the molecule is Cc1nc(NCC2CCN(S(C)(=O)=O)C2)nc(C)c1CC(C)C. The molecule has 1 atom stereocenters. The van der Waals surface area contributed by atoms with Crippen LogP contribution in [-0.2, 0) is 16.4 Å². The molecule has 23 heavy (non-hydrogen) atoms. The number of sulfonamides is 1. The molecule has 1 aromatic rings. The van der Waals surface area contributed by atoms with Crippen molar-refractivity contribution < 1.29 is 8.42 Å². The van der Waals surface area contributed by atoms with E-state index in [1.54, 1.807) is 4.31 Å². The molecule has 0 saturated carbocycles. The van der Waals surface area contributed by atoms with Crippen molar-refractivity contribution in [1.82, 2.24) is 14.3 Å². The highest BCUT2D eigenvalue weighted by Gasteiger charge is 2.28. The standard InChI is InChI=1S/C16H28N4O2S/c1-11(2)8-15-12(3)18-16(19-13(15)4)17-9-14-6-7-20(10-14)23(5,21)22/h11,14H,6-10H2,1-5H3,(H,17,18,19). The van der Waals surface area contributed by atoms with Crippen molar-refractivity contribution in [2.75, 3.05) is 31.2 Å². The second kappa shape index (κ2) is 7.13. The minimum atomic E-state index is -3.07. The number of hydrogen-bond acceptors (Lipinski definition) is 5. The Balaban J connectivity index is 1.97. The Hall–Kier alpha value is -1.21. The predicted molar refractivity (Wildman–Crippen MR) is 93.1 cm³/mol. The summed E-state index contributed by atoms with van der Waals surface area (Å²) in [6.45, 7) is 10.3. The largest absolute Gasteiger partial charge is 0.354 e. The van der Waals surface area contributed by atoms with E-state index in [9.17, 15) is 8.42 Å². The Kier molecular flexibility index (Phi) is 5.62. The zero-order valence-corrected chi connectivity index (χ0v) is 15.6. The lowest BCUT2D eigenvalue weighted by molar-refractivity contribution is 0.466. The van der Waals surface area contributed by atoms with Crippen LogP contribution in [0.1, 0.15) is 37.2 Å². The molecule has 6 nitrogen and oxygen atoms in total. The van der Waals surface area contributed by atoms with E-state index < -0.39 is 10.0 Å². The van der Waals surface area contributed by atoms with E-state index in [1.165, 1.54) is 11.8 Å². The third kappa shape index (κ3) is 4.88. The van der Waals surface area contributed by atoms with Gasteiger partial charge in [-0.05, 0) is 44.1 Å². The van der Waals surface area contributed by atoms with Gasteiger partial charge in [-0.2, -0.15) is 0 Å². The van der Waals surface area contributed by atoms with Crippen molar-refractivity contribution in [3.63, 3.8) is 0 Å². The lowest BCUT2D eigenvalue weighted by Gasteiger charge is -2.16. The van der Waals surface area contributed by atoms with E-state index in [-0.39, 0.29) is 0 Å². The first-order valence-electron chi connectivity index (χ1n) is 8.20. The molecule has 2 rings (SSSR count). The Morgan fingerprint density at radius 3 is 2.35 bits per heavy atom. The third-order valence-corrected chi connectivity index (χ3v) is 5.57. The van der Waals surface area contributed by atoms with Gasteiger partial charge >= 0.3 is 0 Å². The fourth-order valence-corrected chi connectivity index (χ4v) is 3.94. The summed E-state index contributed by atoms with van der Waals surface area (Å²) >= 11 is 0. The number of rotatable bonds is 6. The molecular formula is C16H28N4O2S. The summed E-state index contributed by atoms with van der Waals surface area (Å²) in [7, 11) is -3.07. The van der Waals surface area contributed by atoms with Crippen LogP contribution >= 0.6 is 0 Å². The third-order valence-electron chi connectivity index (χ3n) is 4.30. The summed E-state index contributed by atoms with van der Waals surface area (Å²) in [5.74, 6) is 1.53. The van der Waals surface area contributed by atoms with Gasteiger partial charge in [-0.1, -0.05) is 13.8 Å². The van der Waals surface area contributed by atoms with Gasteiger partial charge in [-0.15, -0.1) is 0 Å². The molecule has 1 saturated heterocycles. The second-order valence-electron chi connectivity index (χ2n) is 6.95. The van der Waals surface area contributed by atoms with E-state index in [4.69, 9.17) is 0 Å². The Bertz CT molecular complexity index is 635. The molecule has 1 unspecified atom stereocenters. The quantitative estimate of drug-likeness (QED) is 0.857. The molecule has 0 bridgehead atoms. The van der Waals surface area contributed by atoms with Crippen molar-refractivity contribution in [2.45, 2.75) is 40.5 Å². The van der Waals surface area contributed by atoms with Crippen LogP contribution in [0.3, 0.4) is 0 Å². The van der Waals surface area contributed by atoms with Crippen molar-refractivity contribution in [3.05, 3.63) is 17.0 Å². The average Bonchev–Trinajstić information content (AvgIpc) is 2.89. The molecule has 1 aromatic heterocycles. The van der Waals surface area contributed by atoms with Gasteiger partial charge in [0.1, 0.15) is 0 Å². The first-order valence-corrected chi connectivity index (χ1v) is 10.0. The molecule has 2 heterocycles. The van der Waals surface area contributed by atoms with E-state index in [0.29, 0.717) is 37.4 Å². The van der Waals surface area contributed by atoms with Crippen molar-refractivity contribution >= 4 is 16.0 Å². The number of hydrogen-bond donors (Lipinski definition) is 1. The summed E-state index contributed by atoms with van der Waals surface area (Å²) in [6, 6.07) is 0. The zero-order chi connectivity index (χ0) is 17.2. The van der Waals surface area contributed by atoms with Gasteiger partial charge in [0.05, 0.1) is 6.26 Å². The molecule has 0 aliphatic carbocycles.